The van der Waals surface area contributed by atoms with Crippen LogP contribution in [0.3, 0.4) is 0 Å². The van der Waals surface area contributed by atoms with Gasteiger partial charge in [-0.1, -0.05) is 0 Å². The summed E-state index contributed by atoms with van der Waals surface area (Å²) in [6.45, 7) is 6.05. The SMILES string of the molecule is CCN(CC)C(=O)CCCN(C)CC(=O)O. The van der Waals surface area contributed by atoms with Crippen LogP contribution in [0.2, 0.25) is 0 Å². The van der Waals surface area contributed by atoms with E-state index in [2.05, 4.69) is 0 Å². The minimum absolute atomic E-state index is 0.0272. The van der Waals surface area contributed by atoms with Crippen LogP contribution in [0.5, 0.6) is 0 Å². The number of carboxylic acids is 1. The molecule has 94 valence electrons. The third kappa shape index (κ3) is 6.40. The van der Waals surface area contributed by atoms with Gasteiger partial charge < -0.3 is 10.0 Å². The van der Waals surface area contributed by atoms with Gasteiger partial charge in [0.25, 0.3) is 0 Å². The van der Waals surface area contributed by atoms with E-state index in [1.165, 1.54) is 0 Å². The lowest BCUT2D eigenvalue weighted by atomic mass is 10.2. The van der Waals surface area contributed by atoms with Crippen LogP contribution in [-0.2, 0) is 9.59 Å². The van der Waals surface area contributed by atoms with Gasteiger partial charge in [0.2, 0.25) is 5.91 Å². The average molecular weight is 230 g/mol. The van der Waals surface area contributed by atoms with Crippen LogP contribution in [0.4, 0.5) is 0 Å². The van der Waals surface area contributed by atoms with Gasteiger partial charge in [-0.2, -0.15) is 0 Å². The summed E-state index contributed by atoms with van der Waals surface area (Å²) in [5.41, 5.74) is 0. The van der Waals surface area contributed by atoms with Crippen molar-refractivity contribution in [1.29, 1.82) is 0 Å². The summed E-state index contributed by atoms with van der Waals surface area (Å²) < 4.78 is 0. The Balaban J connectivity index is 3.72. The number of carbonyl (C=O) groups is 2. The maximum Gasteiger partial charge on any atom is 0.317 e. The molecule has 0 aliphatic heterocycles. The number of amides is 1. The lowest BCUT2D eigenvalue weighted by molar-refractivity contribution is -0.137. The molecule has 0 heterocycles. The molecule has 16 heavy (non-hydrogen) atoms. The number of likely N-dealkylation sites (N-methyl/N-ethyl adjacent to an activating group) is 1. The number of nitrogens with zero attached hydrogens (tertiary/aromatic N) is 2. The summed E-state index contributed by atoms with van der Waals surface area (Å²) in [7, 11) is 1.75. The fraction of sp³-hybridized carbons (Fsp3) is 0.818. The summed E-state index contributed by atoms with van der Waals surface area (Å²) in [6.07, 6.45) is 1.20. The predicted molar refractivity (Wildman–Crippen MR) is 62.3 cm³/mol. The Morgan fingerprint density at radius 1 is 1.19 bits per heavy atom. The van der Waals surface area contributed by atoms with Crippen LogP contribution < -0.4 is 0 Å². The zero-order valence-electron chi connectivity index (χ0n) is 10.4. The van der Waals surface area contributed by atoms with E-state index >= 15 is 0 Å². The van der Waals surface area contributed by atoms with E-state index in [-0.39, 0.29) is 12.5 Å². The molecule has 0 bridgehead atoms. The second-order valence-corrected chi connectivity index (χ2v) is 3.80. The zero-order valence-corrected chi connectivity index (χ0v) is 10.4. The molecule has 5 nitrogen and oxygen atoms in total. The second-order valence-electron chi connectivity index (χ2n) is 3.80. The highest BCUT2D eigenvalue weighted by molar-refractivity contribution is 5.76. The predicted octanol–water partition coefficient (Wildman–Crippen LogP) is 0.651. The highest BCUT2D eigenvalue weighted by atomic mass is 16.4. The summed E-state index contributed by atoms with van der Waals surface area (Å²) in [5.74, 6) is -0.689. The van der Waals surface area contributed by atoms with Crippen molar-refractivity contribution >= 4 is 11.9 Å². The normalized spacial score (nSPS) is 10.5. The second kappa shape index (κ2) is 8.10. The molecule has 0 aromatic heterocycles. The standard InChI is InChI=1S/C11H22N2O3/c1-4-13(5-2)10(14)7-6-8-12(3)9-11(15)16/h4-9H2,1-3H3,(H,15,16). The molecule has 0 saturated heterocycles. The van der Waals surface area contributed by atoms with Crippen LogP contribution in [0, 0.1) is 0 Å². The molecular formula is C11H22N2O3. The maximum absolute atomic E-state index is 11.6. The van der Waals surface area contributed by atoms with Crippen molar-refractivity contribution in [1.82, 2.24) is 9.80 Å². The number of hydrogen-bond acceptors (Lipinski definition) is 3. The summed E-state index contributed by atoms with van der Waals surface area (Å²) in [5, 5.41) is 8.54. The van der Waals surface area contributed by atoms with Gasteiger partial charge in [0.05, 0.1) is 6.54 Å². The number of carbonyl (C=O) groups excluding carboxylic acids is 1. The lowest BCUT2D eigenvalue weighted by Gasteiger charge is -2.19. The molecule has 1 N–H and O–H groups in total. The van der Waals surface area contributed by atoms with Crippen LogP contribution in [-0.4, -0.2) is 60.0 Å². The van der Waals surface area contributed by atoms with E-state index < -0.39 is 5.97 Å². The Labute approximate surface area is 97.0 Å². The number of hydrogen-bond donors (Lipinski definition) is 1. The number of rotatable bonds is 8. The van der Waals surface area contributed by atoms with Gasteiger partial charge in [-0.25, -0.2) is 0 Å². The number of aliphatic carboxylic acids is 1. The van der Waals surface area contributed by atoms with Crippen LogP contribution in [0.1, 0.15) is 26.7 Å². The molecule has 0 aliphatic rings. The first-order valence-corrected chi connectivity index (χ1v) is 5.69. The van der Waals surface area contributed by atoms with E-state index in [9.17, 15) is 9.59 Å². The smallest absolute Gasteiger partial charge is 0.317 e. The van der Waals surface area contributed by atoms with E-state index in [1.807, 2.05) is 13.8 Å². The third-order valence-corrected chi connectivity index (χ3v) is 2.45. The first-order valence-electron chi connectivity index (χ1n) is 5.69. The molecule has 0 saturated carbocycles. The monoisotopic (exact) mass is 230 g/mol. The van der Waals surface area contributed by atoms with E-state index in [4.69, 9.17) is 5.11 Å². The molecule has 0 atom stereocenters. The average Bonchev–Trinajstić information content (AvgIpc) is 2.18. The van der Waals surface area contributed by atoms with E-state index in [0.29, 0.717) is 19.4 Å². The van der Waals surface area contributed by atoms with Crippen LogP contribution in [0.25, 0.3) is 0 Å². The fourth-order valence-electron chi connectivity index (χ4n) is 1.54. The molecule has 0 spiro atoms. The van der Waals surface area contributed by atoms with Gasteiger partial charge in [0.15, 0.2) is 0 Å². The Morgan fingerprint density at radius 3 is 2.19 bits per heavy atom. The van der Waals surface area contributed by atoms with Gasteiger partial charge in [-0.15, -0.1) is 0 Å². The molecular weight excluding hydrogens is 208 g/mol. The third-order valence-electron chi connectivity index (χ3n) is 2.45. The van der Waals surface area contributed by atoms with E-state index in [1.54, 1.807) is 16.8 Å². The van der Waals surface area contributed by atoms with Gasteiger partial charge in [-0.3, -0.25) is 14.5 Å². The van der Waals surface area contributed by atoms with Crippen LogP contribution in [0.15, 0.2) is 0 Å². The minimum Gasteiger partial charge on any atom is -0.480 e. The fourth-order valence-corrected chi connectivity index (χ4v) is 1.54. The largest absolute Gasteiger partial charge is 0.480 e. The molecule has 0 aliphatic carbocycles. The van der Waals surface area contributed by atoms with Gasteiger partial charge >= 0.3 is 5.97 Å². The molecule has 5 heteroatoms. The van der Waals surface area contributed by atoms with Gasteiger partial charge in [-0.05, 0) is 33.9 Å². The first kappa shape index (κ1) is 14.9. The van der Waals surface area contributed by atoms with Crippen molar-refractivity contribution in [3.05, 3.63) is 0 Å². The molecule has 0 aromatic carbocycles. The van der Waals surface area contributed by atoms with Crippen LogP contribution >= 0.6 is 0 Å². The van der Waals surface area contributed by atoms with Crippen molar-refractivity contribution in [3.63, 3.8) is 0 Å². The van der Waals surface area contributed by atoms with Gasteiger partial charge in [0.1, 0.15) is 0 Å². The first-order chi connectivity index (χ1) is 7.51. The van der Waals surface area contributed by atoms with Crippen molar-refractivity contribution in [2.24, 2.45) is 0 Å². The molecule has 0 rings (SSSR count). The maximum atomic E-state index is 11.6. The van der Waals surface area contributed by atoms with Crippen molar-refractivity contribution in [3.8, 4) is 0 Å². The van der Waals surface area contributed by atoms with Crippen molar-refractivity contribution in [2.75, 3.05) is 33.2 Å². The Bertz CT molecular complexity index is 227. The lowest BCUT2D eigenvalue weighted by Crippen LogP contribution is -2.32. The Kier molecular flexibility index (Phi) is 7.54. The molecule has 0 radical (unpaired) electrons. The topological polar surface area (TPSA) is 60.9 Å². The Hall–Kier alpha value is -1.10. The highest BCUT2D eigenvalue weighted by Crippen LogP contribution is 1.99. The van der Waals surface area contributed by atoms with Gasteiger partial charge in [0, 0.05) is 19.5 Å². The highest BCUT2D eigenvalue weighted by Gasteiger charge is 2.10. The number of carboxylic acid groups (broad SMARTS) is 1. The molecule has 0 unspecified atom stereocenters. The summed E-state index contributed by atoms with van der Waals surface area (Å²) in [4.78, 5) is 25.5. The summed E-state index contributed by atoms with van der Waals surface area (Å²) >= 11 is 0. The molecule has 0 aromatic rings. The van der Waals surface area contributed by atoms with Crippen molar-refractivity contribution < 1.29 is 14.7 Å². The molecule has 0 fully saturated rings. The Morgan fingerprint density at radius 2 is 1.75 bits per heavy atom. The minimum atomic E-state index is -0.836. The zero-order chi connectivity index (χ0) is 12.6. The quantitative estimate of drug-likeness (QED) is 0.665. The van der Waals surface area contributed by atoms with Crippen molar-refractivity contribution in [2.45, 2.75) is 26.7 Å². The summed E-state index contributed by atoms with van der Waals surface area (Å²) in [6, 6.07) is 0. The molecule has 1 amide bonds. The van der Waals surface area contributed by atoms with E-state index in [0.717, 1.165) is 13.1 Å².